The number of para-hydroxylation sites is 1. The number of benzene rings is 1. The van der Waals surface area contributed by atoms with Gasteiger partial charge >= 0.3 is 0 Å². The van der Waals surface area contributed by atoms with E-state index in [0.29, 0.717) is 11.7 Å². The van der Waals surface area contributed by atoms with Crippen LogP contribution in [0.3, 0.4) is 0 Å². The van der Waals surface area contributed by atoms with E-state index in [1.807, 2.05) is 6.07 Å². The summed E-state index contributed by atoms with van der Waals surface area (Å²) < 4.78 is 25.8. The van der Waals surface area contributed by atoms with Crippen LogP contribution in [0.1, 0.15) is 25.7 Å². The Morgan fingerprint density at radius 1 is 1.19 bits per heavy atom. The molecule has 2 aliphatic rings. The molecule has 0 heterocycles. The largest absolute Gasteiger partial charge is 0.396 e. The summed E-state index contributed by atoms with van der Waals surface area (Å²) in [5.74, 6) is 1.46. The van der Waals surface area contributed by atoms with Crippen molar-refractivity contribution in [3.05, 3.63) is 18.2 Å². The molecule has 3 N–H and O–H groups in total. The van der Waals surface area contributed by atoms with Gasteiger partial charge in [-0.25, -0.2) is 12.7 Å². The zero-order valence-corrected chi connectivity index (χ0v) is 13.4. The molecule has 2 saturated carbocycles. The van der Waals surface area contributed by atoms with Crippen molar-refractivity contribution < 1.29 is 8.42 Å². The van der Waals surface area contributed by atoms with Crippen molar-refractivity contribution in [1.29, 1.82) is 0 Å². The van der Waals surface area contributed by atoms with Crippen molar-refractivity contribution >= 4 is 21.4 Å². The van der Waals surface area contributed by atoms with E-state index in [9.17, 15) is 8.42 Å². The lowest BCUT2D eigenvalue weighted by Gasteiger charge is -2.22. The number of nitrogens with two attached hydrogens (primary N) is 1. The third-order valence-corrected chi connectivity index (χ3v) is 6.28. The SMILES string of the molecule is CN(C)S(=O)(=O)c1cccc(NC(C2CC2)C2CC2)c1N. The Balaban J connectivity index is 1.89. The summed E-state index contributed by atoms with van der Waals surface area (Å²) in [6.07, 6.45) is 5.07. The van der Waals surface area contributed by atoms with Gasteiger partial charge in [0, 0.05) is 20.1 Å². The molecule has 0 radical (unpaired) electrons. The summed E-state index contributed by atoms with van der Waals surface area (Å²) in [6, 6.07) is 5.65. The zero-order valence-electron chi connectivity index (χ0n) is 12.5. The van der Waals surface area contributed by atoms with Crippen molar-refractivity contribution in [3.8, 4) is 0 Å². The second kappa shape index (κ2) is 5.18. The minimum atomic E-state index is -3.51. The summed E-state index contributed by atoms with van der Waals surface area (Å²) in [7, 11) is -0.467. The number of hydrogen-bond donors (Lipinski definition) is 2. The van der Waals surface area contributed by atoms with Gasteiger partial charge in [0.1, 0.15) is 4.90 Å². The van der Waals surface area contributed by atoms with E-state index in [-0.39, 0.29) is 4.90 Å². The number of rotatable bonds is 6. The van der Waals surface area contributed by atoms with Gasteiger partial charge in [-0.2, -0.15) is 0 Å². The molecule has 2 fully saturated rings. The van der Waals surface area contributed by atoms with Gasteiger partial charge in [-0.3, -0.25) is 0 Å². The molecule has 5 nitrogen and oxygen atoms in total. The summed E-state index contributed by atoms with van der Waals surface area (Å²) in [6.45, 7) is 0. The molecule has 1 aromatic rings. The maximum atomic E-state index is 12.3. The van der Waals surface area contributed by atoms with E-state index in [1.165, 1.54) is 44.1 Å². The summed E-state index contributed by atoms with van der Waals surface area (Å²) in [5, 5.41) is 3.51. The van der Waals surface area contributed by atoms with Crippen LogP contribution in [0.4, 0.5) is 11.4 Å². The molecule has 116 valence electrons. The van der Waals surface area contributed by atoms with Crippen molar-refractivity contribution in [1.82, 2.24) is 4.31 Å². The highest BCUT2D eigenvalue weighted by molar-refractivity contribution is 7.89. The van der Waals surface area contributed by atoms with E-state index >= 15 is 0 Å². The lowest BCUT2D eigenvalue weighted by Crippen LogP contribution is -2.26. The van der Waals surface area contributed by atoms with Crippen LogP contribution in [-0.4, -0.2) is 32.9 Å². The fraction of sp³-hybridized carbons (Fsp3) is 0.600. The van der Waals surface area contributed by atoms with E-state index in [0.717, 1.165) is 17.5 Å². The van der Waals surface area contributed by atoms with Crippen molar-refractivity contribution in [2.45, 2.75) is 36.6 Å². The first-order valence-electron chi connectivity index (χ1n) is 7.49. The maximum Gasteiger partial charge on any atom is 0.244 e. The van der Waals surface area contributed by atoms with E-state index in [4.69, 9.17) is 5.73 Å². The Kier molecular flexibility index (Phi) is 3.61. The topological polar surface area (TPSA) is 75.4 Å². The lowest BCUT2D eigenvalue weighted by molar-refractivity contribution is 0.521. The van der Waals surface area contributed by atoms with Crippen LogP contribution in [0.2, 0.25) is 0 Å². The number of anilines is 2. The molecule has 0 atom stereocenters. The zero-order chi connectivity index (χ0) is 15.2. The predicted octanol–water partition coefficient (Wildman–Crippen LogP) is 2.12. The maximum absolute atomic E-state index is 12.3. The van der Waals surface area contributed by atoms with Gasteiger partial charge < -0.3 is 11.1 Å². The molecular formula is C15H23N3O2S. The molecule has 0 aromatic heterocycles. The predicted molar refractivity (Wildman–Crippen MR) is 84.6 cm³/mol. The third kappa shape index (κ3) is 2.87. The second-order valence-electron chi connectivity index (χ2n) is 6.35. The lowest BCUT2D eigenvalue weighted by atomic mass is 10.1. The number of hydrogen-bond acceptors (Lipinski definition) is 4. The molecule has 1 aromatic carbocycles. The molecule has 0 bridgehead atoms. The minimum absolute atomic E-state index is 0.183. The van der Waals surface area contributed by atoms with Crippen LogP contribution in [0.5, 0.6) is 0 Å². The molecule has 6 heteroatoms. The Morgan fingerprint density at radius 2 is 1.76 bits per heavy atom. The Bertz CT molecular complexity index is 622. The highest BCUT2D eigenvalue weighted by atomic mass is 32.2. The first kappa shape index (κ1) is 14.7. The molecule has 0 unspecified atom stereocenters. The van der Waals surface area contributed by atoms with E-state index in [2.05, 4.69) is 5.32 Å². The fourth-order valence-corrected chi connectivity index (χ4v) is 3.83. The molecule has 0 amide bonds. The molecule has 0 saturated heterocycles. The average molecular weight is 309 g/mol. The number of nitrogens with one attached hydrogen (secondary N) is 1. The van der Waals surface area contributed by atoms with Crippen LogP contribution in [0.25, 0.3) is 0 Å². The third-order valence-electron chi connectivity index (χ3n) is 4.41. The number of sulfonamides is 1. The monoisotopic (exact) mass is 309 g/mol. The molecule has 2 aliphatic carbocycles. The quantitative estimate of drug-likeness (QED) is 0.789. The summed E-state index contributed by atoms with van der Waals surface area (Å²) in [5.41, 5.74) is 7.21. The Labute approximate surface area is 126 Å². The summed E-state index contributed by atoms with van der Waals surface area (Å²) >= 11 is 0. The molecule has 0 spiro atoms. The van der Waals surface area contributed by atoms with Crippen molar-refractivity contribution in [2.24, 2.45) is 11.8 Å². The van der Waals surface area contributed by atoms with Gasteiger partial charge in [0.05, 0.1) is 11.4 Å². The van der Waals surface area contributed by atoms with Crippen LogP contribution >= 0.6 is 0 Å². The van der Waals surface area contributed by atoms with Crippen LogP contribution in [0, 0.1) is 11.8 Å². The number of nitrogens with zero attached hydrogens (tertiary/aromatic N) is 1. The van der Waals surface area contributed by atoms with E-state index < -0.39 is 10.0 Å². The van der Waals surface area contributed by atoms with Crippen molar-refractivity contribution in [3.63, 3.8) is 0 Å². The second-order valence-corrected chi connectivity index (χ2v) is 8.47. The standard InChI is InChI=1S/C15H23N3O2S/c1-18(2)21(19,20)13-5-3-4-12(14(13)16)17-15(10-6-7-10)11-8-9-11/h3-5,10-11,15,17H,6-9,16H2,1-2H3. The Hall–Kier alpha value is -1.27. The van der Waals surface area contributed by atoms with Gasteiger partial charge in [0.25, 0.3) is 0 Å². The Morgan fingerprint density at radius 3 is 2.24 bits per heavy atom. The fourth-order valence-electron chi connectivity index (χ4n) is 2.80. The van der Waals surface area contributed by atoms with Gasteiger partial charge in [-0.15, -0.1) is 0 Å². The molecule has 0 aliphatic heterocycles. The molecule has 21 heavy (non-hydrogen) atoms. The highest BCUT2D eigenvalue weighted by Crippen LogP contribution is 2.46. The van der Waals surface area contributed by atoms with Crippen LogP contribution in [-0.2, 0) is 10.0 Å². The first-order chi connectivity index (χ1) is 9.91. The van der Waals surface area contributed by atoms with Crippen molar-refractivity contribution in [2.75, 3.05) is 25.1 Å². The number of nitrogen functional groups attached to an aromatic ring is 1. The van der Waals surface area contributed by atoms with Gasteiger partial charge in [0.2, 0.25) is 10.0 Å². The smallest absolute Gasteiger partial charge is 0.244 e. The van der Waals surface area contributed by atoms with E-state index in [1.54, 1.807) is 12.1 Å². The summed E-state index contributed by atoms with van der Waals surface area (Å²) in [4.78, 5) is 0.183. The van der Waals surface area contributed by atoms with Gasteiger partial charge in [0.15, 0.2) is 0 Å². The van der Waals surface area contributed by atoms with Gasteiger partial charge in [-0.05, 0) is 49.7 Å². The normalized spacial score (nSPS) is 19.2. The molecule has 3 rings (SSSR count). The average Bonchev–Trinajstić information content (AvgIpc) is 3.29. The van der Waals surface area contributed by atoms with Crippen LogP contribution in [0.15, 0.2) is 23.1 Å². The first-order valence-corrected chi connectivity index (χ1v) is 8.93. The molecular weight excluding hydrogens is 286 g/mol. The minimum Gasteiger partial charge on any atom is -0.396 e. The van der Waals surface area contributed by atoms with Gasteiger partial charge in [-0.1, -0.05) is 6.07 Å². The highest BCUT2D eigenvalue weighted by Gasteiger charge is 2.41. The van der Waals surface area contributed by atoms with Crippen LogP contribution < -0.4 is 11.1 Å².